The van der Waals surface area contributed by atoms with Crippen LogP contribution in [-0.4, -0.2) is 18.0 Å². The topological polar surface area (TPSA) is 67.3 Å². The molecule has 66 valence electrons. The Bertz CT molecular complexity index is 403. The third kappa shape index (κ3) is 2.07. The Morgan fingerprint density at radius 1 is 1.42 bits per heavy atom. The summed E-state index contributed by atoms with van der Waals surface area (Å²) in [4.78, 5) is 3.00. The normalized spacial score (nSPS) is 11.6. The van der Waals surface area contributed by atoms with Crippen LogP contribution in [0.3, 0.4) is 0 Å². The van der Waals surface area contributed by atoms with Crippen molar-refractivity contribution in [3.8, 4) is 0 Å². The summed E-state index contributed by atoms with van der Waals surface area (Å²) in [6.07, 6.45) is 0.889. The summed E-state index contributed by atoms with van der Waals surface area (Å²) < 4.78 is 29.7. The molecule has 0 saturated carbocycles. The quantitative estimate of drug-likeness (QED) is 0.585. The molecular weight excluding hydrogens is 225 g/mol. The lowest BCUT2D eigenvalue weighted by molar-refractivity contribution is 0.483. The average Bonchev–Trinajstić information content (AvgIpc) is 1.83. The first kappa shape index (κ1) is 9.73. The number of hydrogen-bond acceptors (Lipinski definition) is 3. The molecule has 0 amide bonds. The number of halogens is 2. The summed E-state index contributed by atoms with van der Waals surface area (Å²) in [6.45, 7) is 0. The second kappa shape index (κ2) is 3.18. The van der Waals surface area contributed by atoms with Gasteiger partial charge in [-0.25, -0.2) is 4.98 Å². The molecule has 0 radical (unpaired) electrons. The van der Waals surface area contributed by atoms with Crippen LogP contribution >= 0.6 is 23.2 Å². The number of aromatic nitrogens is 1. The van der Waals surface area contributed by atoms with Crippen LogP contribution in [0.2, 0.25) is 10.2 Å². The van der Waals surface area contributed by atoms with E-state index in [9.17, 15) is 8.42 Å². The standard InChI is InChI=1S/C5H3Cl2NO3S/c6-3-1-5(7)8-2-4(3)12(9,10)11/h1-2H,(H,9,10,11). The van der Waals surface area contributed by atoms with Gasteiger partial charge in [-0.2, -0.15) is 8.42 Å². The van der Waals surface area contributed by atoms with Gasteiger partial charge in [0.1, 0.15) is 10.0 Å². The van der Waals surface area contributed by atoms with Crippen molar-refractivity contribution >= 4 is 33.3 Å². The fourth-order valence-corrected chi connectivity index (χ4v) is 1.73. The molecule has 1 aromatic rings. The lowest BCUT2D eigenvalue weighted by Crippen LogP contribution is -1.99. The lowest BCUT2D eigenvalue weighted by Gasteiger charge is -1.98. The SMILES string of the molecule is O=S(=O)(O)c1cnc(Cl)cc1Cl. The molecule has 0 bridgehead atoms. The van der Waals surface area contributed by atoms with Gasteiger partial charge < -0.3 is 0 Å². The summed E-state index contributed by atoms with van der Waals surface area (Å²) in [7, 11) is -4.30. The first-order valence-corrected chi connectivity index (χ1v) is 4.89. The molecule has 1 rings (SSSR count). The van der Waals surface area contributed by atoms with Crippen LogP contribution in [0.15, 0.2) is 17.2 Å². The van der Waals surface area contributed by atoms with Crippen LogP contribution in [0.25, 0.3) is 0 Å². The van der Waals surface area contributed by atoms with Gasteiger partial charge in [0, 0.05) is 0 Å². The van der Waals surface area contributed by atoms with Gasteiger partial charge in [-0.05, 0) is 6.07 Å². The summed E-state index contributed by atoms with van der Waals surface area (Å²) >= 11 is 10.8. The van der Waals surface area contributed by atoms with Gasteiger partial charge in [0.2, 0.25) is 0 Å². The minimum absolute atomic E-state index is 0.0624. The van der Waals surface area contributed by atoms with Crippen LogP contribution in [0.5, 0.6) is 0 Å². The van der Waals surface area contributed by atoms with Crippen molar-refractivity contribution in [1.82, 2.24) is 4.98 Å². The van der Waals surface area contributed by atoms with E-state index in [1.807, 2.05) is 0 Å². The average molecular weight is 228 g/mol. The Morgan fingerprint density at radius 3 is 2.42 bits per heavy atom. The molecule has 12 heavy (non-hydrogen) atoms. The molecule has 0 spiro atoms. The summed E-state index contributed by atoms with van der Waals surface area (Å²) in [5.41, 5.74) is 0. The van der Waals surface area contributed by atoms with Crippen molar-refractivity contribution in [1.29, 1.82) is 0 Å². The molecule has 1 aromatic heterocycles. The first-order chi connectivity index (χ1) is 5.41. The van der Waals surface area contributed by atoms with Crippen molar-refractivity contribution in [2.75, 3.05) is 0 Å². The first-order valence-electron chi connectivity index (χ1n) is 2.70. The molecule has 1 heterocycles. The minimum Gasteiger partial charge on any atom is -0.282 e. The number of rotatable bonds is 1. The lowest BCUT2D eigenvalue weighted by atomic mass is 10.5. The predicted molar refractivity (Wildman–Crippen MR) is 44.1 cm³/mol. The molecule has 7 heteroatoms. The molecule has 0 aliphatic heterocycles. The Labute approximate surface area is 78.9 Å². The van der Waals surface area contributed by atoms with Gasteiger partial charge in [-0.1, -0.05) is 23.2 Å². The molecule has 0 atom stereocenters. The number of nitrogens with zero attached hydrogens (tertiary/aromatic N) is 1. The minimum atomic E-state index is -4.30. The van der Waals surface area contributed by atoms with Crippen LogP contribution in [0.1, 0.15) is 0 Å². The van der Waals surface area contributed by atoms with E-state index in [1.165, 1.54) is 0 Å². The van der Waals surface area contributed by atoms with Crippen molar-refractivity contribution in [3.05, 3.63) is 22.4 Å². The molecule has 0 fully saturated rings. The molecule has 0 aliphatic carbocycles. The van der Waals surface area contributed by atoms with Gasteiger partial charge in [0.25, 0.3) is 10.1 Å². The van der Waals surface area contributed by atoms with Crippen molar-refractivity contribution in [2.45, 2.75) is 4.90 Å². The van der Waals surface area contributed by atoms with Crippen LogP contribution in [-0.2, 0) is 10.1 Å². The van der Waals surface area contributed by atoms with E-state index in [2.05, 4.69) is 4.98 Å². The molecule has 0 aromatic carbocycles. The Hall–Kier alpha value is -0.360. The number of hydrogen-bond donors (Lipinski definition) is 1. The fraction of sp³-hybridized carbons (Fsp3) is 0. The molecule has 1 N–H and O–H groups in total. The highest BCUT2D eigenvalue weighted by Crippen LogP contribution is 2.22. The van der Waals surface area contributed by atoms with Gasteiger partial charge >= 0.3 is 0 Å². The van der Waals surface area contributed by atoms with Crippen molar-refractivity contribution in [3.63, 3.8) is 0 Å². The van der Waals surface area contributed by atoms with Gasteiger partial charge in [0.05, 0.1) is 11.2 Å². The highest BCUT2D eigenvalue weighted by atomic mass is 35.5. The van der Waals surface area contributed by atoms with E-state index in [0.717, 1.165) is 12.3 Å². The molecule has 4 nitrogen and oxygen atoms in total. The second-order valence-corrected chi connectivity index (χ2v) is 4.10. The van der Waals surface area contributed by atoms with E-state index in [0.29, 0.717) is 0 Å². The zero-order valence-electron chi connectivity index (χ0n) is 5.53. The fourth-order valence-electron chi connectivity index (χ4n) is 0.585. The van der Waals surface area contributed by atoms with E-state index >= 15 is 0 Å². The summed E-state index contributed by atoms with van der Waals surface area (Å²) in [5, 5.41) is -0.0927. The second-order valence-electron chi connectivity index (χ2n) is 1.91. The Kier molecular flexibility index (Phi) is 2.58. The van der Waals surface area contributed by atoms with Gasteiger partial charge in [-0.15, -0.1) is 0 Å². The summed E-state index contributed by atoms with van der Waals surface area (Å²) in [6, 6.07) is 1.13. The summed E-state index contributed by atoms with van der Waals surface area (Å²) in [5.74, 6) is 0. The smallest absolute Gasteiger partial charge is 0.282 e. The Morgan fingerprint density at radius 2 is 2.00 bits per heavy atom. The van der Waals surface area contributed by atoms with Crippen LogP contribution in [0.4, 0.5) is 0 Å². The monoisotopic (exact) mass is 227 g/mol. The highest BCUT2D eigenvalue weighted by Gasteiger charge is 2.14. The zero-order chi connectivity index (χ0) is 9.35. The maximum absolute atomic E-state index is 10.6. The van der Waals surface area contributed by atoms with E-state index in [4.69, 9.17) is 27.8 Å². The van der Waals surface area contributed by atoms with Gasteiger partial charge in [0.15, 0.2) is 0 Å². The molecule has 0 saturated heterocycles. The van der Waals surface area contributed by atoms with Crippen LogP contribution < -0.4 is 0 Å². The molecule has 0 aliphatic rings. The Balaban J connectivity index is 3.39. The maximum Gasteiger partial charge on any atom is 0.297 e. The van der Waals surface area contributed by atoms with Crippen LogP contribution in [0, 0.1) is 0 Å². The van der Waals surface area contributed by atoms with Crippen molar-refractivity contribution in [2.24, 2.45) is 0 Å². The predicted octanol–water partition coefficient (Wildman–Crippen LogP) is 1.64. The number of pyridine rings is 1. The highest BCUT2D eigenvalue weighted by molar-refractivity contribution is 7.86. The van der Waals surface area contributed by atoms with Crippen molar-refractivity contribution < 1.29 is 13.0 Å². The molecule has 0 unspecified atom stereocenters. The zero-order valence-corrected chi connectivity index (χ0v) is 7.86. The van der Waals surface area contributed by atoms with E-state index < -0.39 is 15.0 Å². The van der Waals surface area contributed by atoms with Gasteiger partial charge in [-0.3, -0.25) is 4.55 Å². The van der Waals surface area contributed by atoms with E-state index in [-0.39, 0.29) is 10.2 Å². The maximum atomic E-state index is 10.6. The third-order valence-electron chi connectivity index (χ3n) is 1.06. The van der Waals surface area contributed by atoms with E-state index in [1.54, 1.807) is 0 Å². The largest absolute Gasteiger partial charge is 0.297 e. The third-order valence-corrected chi connectivity index (χ3v) is 2.58. The molecular formula is C5H3Cl2NO3S.